The van der Waals surface area contributed by atoms with Crippen LogP contribution in [0.1, 0.15) is 104 Å². The van der Waals surface area contributed by atoms with E-state index in [1.807, 2.05) is 0 Å². The van der Waals surface area contributed by atoms with Crippen molar-refractivity contribution in [1.29, 1.82) is 0 Å². The quantitative estimate of drug-likeness (QED) is 0.325. The molecule has 2 aliphatic rings. The number of aliphatic carboxylic acids is 1. The number of carbonyl (C=O) groups is 1. The summed E-state index contributed by atoms with van der Waals surface area (Å²) in [6, 6.07) is 8.70. The Balaban J connectivity index is 1.93. The summed E-state index contributed by atoms with van der Waals surface area (Å²) in [7, 11) is 0. The molecule has 0 fully saturated rings. The number of H-pyrrole nitrogens is 2. The fourth-order valence-corrected chi connectivity index (χ4v) is 6.14. The summed E-state index contributed by atoms with van der Waals surface area (Å²) >= 11 is 0. The van der Waals surface area contributed by atoms with Crippen molar-refractivity contribution in [3.63, 3.8) is 0 Å². The summed E-state index contributed by atoms with van der Waals surface area (Å²) in [4.78, 5) is 29.0. The van der Waals surface area contributed by atoms with E-state index < -0.39 is 5.97 Å². The van der Waals surface area contributed by atoms with Crippen LogP contribution in [0.2, 0.25) is 0 Å². The van der Waals surface area contributed by atoms with Gasteiger partial charge in [-0.15, -0.1) is 0 Å². The molecule has 5 rings (SSSR count). The zero-order chi connectivity index (χ0) is 27.3. The SMILES string of the molecule is CCC1=C(C)c2cc3nc(cc4[nH]c(c(CCC(=O)O)c4C)c(C)c4cc(C)c(cc1n2)[nH]4)C(C)C3CC. The van der Waals surface area contributed by atoms with Crippen LogP contribution in [-0.2, 0) is 11.2 Å². The Morgan fingerprint density at radius 3 is 2.32 bits per heavy atom. The van der Waals surface area contributed by atoms with Gasteiger partial charge in [0.1, 0.15) is 0 Å². The highest BCUT2D eigenvalue weighted by Gasteiger charge is 2.28. The molecule has 198 valence electrons. The Kier molecular flexibility index (Phi) is 6.76. The van der Waals surface area contributed by atoms with Crippen LogP contribution in [0.15, 0.2) is 24.3 Å². The number of carboxylic acid groups (broad SMARTS) is 1. The van der Waals surface area contributed by atoms with E-state index in [0.717, 1.165) is 79.9 Å². The van der Waals surface area contributed by atoms with Crippen molar-refractivity contribution in [2.24, 2.45) is 0 Å². The first-order valence-corrected chi connectivity index (χ1v) is 13.8. The lowest BCUT2D eigenvalue weighted by Gasteiger charge is -2.13. The fraction of sp³-hybridized carbons (Fsp3) is 0.406. The lowest BCUT2D eigenvalue weighted by atomic mass is 9.89. The van der Waals surface area contributed by atoms with Crippen molar-refractivity contribution in [3.8, 4) is 0 Å². The maximum atomic E-state index is 11.5. The Labute approximate surface area is 224 Å². The fourth-order valence-electron chi connectivity index (χ4n) is 6.14. The Bertz CT molecular complexity index is 1640. The first kappa shape index (κ1) is 26.0. The van der Waals surface area contributed by atoms with Crippen molar-refractivity contribution in [2.75, 3.05) is 0 Å². The van der Waals surface area contributed by atoms with Gasteiger partial charge in [-0.3, -0.25) is 9.78 Å². The van der Waals surface area contributed by atoms with Crippen LogP contribution in [-0.4, -0.2) is 31.0 Å². The molecule has 0 aliphatic carbocycles. The molecule has 0 amide bonds. The van der Waals surface area contributed by atoms with Gasteiger partial charge in [0.25, 0.3) is 0 Å². The van der Waals surface area contributed by atoms with Crippen molar-refractivity contribution in [3.05, 3.63) is 69.3 Å². The number of fused-ring (bicyclic) bond motifs is 8. The zero-order valence-electron chi connectivity index (χ0n) is 23.5. The van der Waals surface area contributed by atoms with Gasteiger partial charge < -0.3 is 15.1 Å². The number of aromatic nitrogens is 4. The average Bonchev–Trinajstić information content (AvgIpc) is 3.57. The molecule has 6 heteroatoms. The number of aromatic amines is 2. The zero-order valence-corrected chi connectivity index (χ0v) is 23.5. The molecule has 2 aliphatic heterocycles. The third-order valence-electron chi connectivity index (χ3n) is 8.59. The number of allylic oxidation sites excluding steroid dienone is 2. The molecule has 5 heterocycles. The molecule has 3 aromatic heterocycles. The van der Waals surface area contributed by atoms with E-state index in [9.17, 15) is 9.90 Å². The second-order valence-electron chi connectivity index (χ2n) is 10.9. The van der Waals surface area contributed by atoms with Crippen LogP contribution in [0.3, 0.4) is 0 Å². The predicted octanol–water partition coefficient (Wildman–Crippen LogP) is 7.90. The lowest BCUT2D eigenvalue weighted by molar-refractivity contribution is -0.136. The standard InChI is InChI=1S/C32H38N4O2/c1-8-21-18(5)27-15-30-22(9-2)17(4)26(34-30)14-28-19(6)23(10-11-31(37)38)32(36-28)20(7)25-12-16(3)24(33-25)13-29(21)35-27/h12-15,17,22,33,36H,8-11H2,1-7H3,(H,37,38). The average molecular weight is 511 g/mol. The molecule has 3 aromatic rings. The first-order valence-electron chi connectivity index (χ1n) is 13.8. The monoisotopic (exact) mass is 510 g/mol. The van der Waals surface area contributed by atoms with Gasteiger partial charge in [-0.2, -0.15) is 0 Å². The Morgan fingerprint density at radius 1 is 0.895 bits per heavy atom. The summed E-state index contributed by atoms with van der Waals surface area (Å²) in [6.45, 7) is 15.1. The smallest absolute Gasteiger partial charge is 0.303 e. The van der Waals surface area contributed by atoms with Gasteiger partial charge in [-0.25, -0.2) is 4.98 Å². The number of nitrogens with zero attached hydrogens (tertiary/aromatic N) is 2. The third-order valence-corrected chi connectivity index (χ3v) is 8.59. The number of aryl methyl sites for hydroxylation is 4. The van der Waals surface area contributed by atoms with Gasteiger partial charge in [0, 0.05) is 51.7 Å². The molecule has 0 radical (unpaired) electrons. The van der Waals surface area contributed by atoms with Crippen LogP contribution in [0.4, 0.5) is 0 Å². The van der Waals surface area contributed by atoms with Crippen molar-refractivity contribution in [2.45, 2.75) is 86.0 Å². The van der Waals surface area contributed by atoms with Gasteiger partial charge in [-0.1, -0.05) is 20.8 Å². The Morgan fingerprint density at radius 2 is 1.63 bits per heavy atom. The normalized spacial score (nSPS) is 17.3. The number of hydrogen-bond donors (Lipinski definition) is 3. The van der Waals surface area contributed by atoms with Gasteiger partial charge in [0.05, 0.1) is 11.4 Å². The summed E-state index contributed by atoms with van der Waals surface area (Å²) in [5.74, 6) is -0.183. The maximum Gasteiger partial charge on any atom is 0.303 e. The molecule has 2 unspecified atom stereocenters. The second-order valence-corrected chi connectivity index (χ2v) is 10.9. The number of hydrogen-bond acceptors (Lipinski definition) is 3. The van der Waals surface area contributed by atoms with Crippen molar-refractivity contribution in [1.82, 2.24) is 19.9 Å². The summed E-state index contributed by atoms with van der Waals surface area (Å²) < 4.78 is 0. The molecular formula is C32H38N4O2. The first-order chi connectivity index (χ1) is 18.1. The van der Waals surface area contributed by atoms with Crippen molar-refractivity contribution >= 4 is 39.2 Å². The van der Waals surface area contributed by atoms with Gasteiger partial charge >= 0.3 is 5.97 Å². The van der Waals surface area contributed by atoms with E-state index >= 15 is 0 Å². The molecule has 38 heavy (non-hydrogen) atoms. The number of carboxylic acids is 1. The van der Waals surface area contributed by atoms with E-state index in [4.69, 9.17) is 9.97 Å². The topological polar surface area (TPSA) is 94.7 Å². The second kappa shape index (κ2) is 9.90. The summed E-state index contributed by atoms with van der Waals surface area (Å²) in [5, 5.41) is 9.44. The Hall–Kier alpha value is -3.67. The number of rotatable bonds is 5. The summed E-state index contributed by atoms with van der Waals surface area (Å²) in [6.07, 6.45) is 2.48. The molecule has 0 saturated carbocycles. The van der Waals surface area contributed by atoms with Gasteiger partial charge in [-0.05, 0) is 105 Å². The molecule has 3 N–H and O–H groups in total. The van der Waals surface area contributed by atoms with E-state index in [2.05, 4.69) is 82.7 Å². The van der Waals surface area contributed by atoms with E-state index in [1.165, 1.54) is 11.1 Å². The molecular weight excluding hydrogens is 472 g/mol. The van der Waals surface area contributed by atoms with Crippen LogP contribution >= 0.6 is 0 Å². The lowest BCUT2D eigenvalue weighted by Crippen LogP contribution is -2.00. The highest BCUT2D eigenvalue weighted by Crippen LogP contribution is 2.40. The highest BCUT2D eigenvalue weighted by molar-refractivity contribution is 5.92. The minimum atomic E-state index is -0.788. The molecule has 2 atom stereocenters. The molecule has 0 spiro atoms. The number of nitrogens with one attached hydrogen (secondary N) is 2. The predicted molar refractivity (Wildman–Crippen MR) is 155 cm³/mol. The minimum absolute atomic E-state index is 0.0905. The van der Waals surface area contributed by atoms with Crippen molar-refractivity contribution < 1.29 is 9.90 Å². The summed E-state index contributed by atoms with van der Waals surface area (Å²) in [5.41, 5.74) is 15.1. The maximum absolute atomic E-state index is 11.5. The molecule has 0 aromatic carbocycles. The van der Waals surface area contributed by atoms with Crippen LogP contribution in [0.25, 0.3) is 33.2 Å². The molecule has 0 saturated heterocycles. The third kappa shape index (κ3) is 4.36. The molecule has 6 nitrogen and oxygen atoms in total. The molecule has 8 bridgehead atoms. The minimum Gasteiger partial charge on any atom is -0.481 e. The van der Waals surface area contributed by atoms with Crippen LogP contribution in [0, 0.1) is 20.8 Å². The van der Waals surface area contributed by atoms with Crippen LogP contribution in [0.5, 0.6) is 0 Å². The van der Waals surface area contributed by atoms with Crippen LogP contribution < -0.4 is 0 Å². The highest BCUT2D eigenvalue weighted by atomic mass is 16.4. The van der Waals surface area contributed by atoms with E-state index in [1.54, 1.807) is 0 Å². The van der Waals surface area contributed by atoms with E-state index in [0.29, 0.717) is 12.3 Å². The van der Waals surface area contributed by atoms with Gasteiger partial charge in [0.15, 0.2) is 0 Å². The van der Waals surface area contributed by atoms with E-state index in [-0.39, 0.29) is 12.3 Å². The largest absolute Gasteiger partial charge is 0.481 e. The van der Waals surface area contributed by atoms with Gasteiger partial charge in [0.2, 0.25) is 0 Å².